The van der Waals surface area contributed by atoms with Crippen LogP contribution >= 0.6 is 0 Å². The molecule has 0 saturated carbocycles. The molecule has 2 aliphatic heterocycles. The molecule has 0 aromatic heterocycles. The molecule has 2 aliphatic rings. The molecule has 5 nitrogen and oxygen atoms in total. The van der Waals surface area contributed by atoms with Gasteiger partial charge in [-0.05, 0) is 38.6 Å². The number of rotatable bonds is 9. The molecule has 2 saturated heterocycles. The van der Waals surface area contributed by atoms with Crippen molar-refractivity contribution in [2.24, 2.45) is 5.92 Å². The average molecular weight is 312 g/mol. The number of likely N-dealkylation sites (tertiary alicyclic amines) is 1. The smallest absolute Gasteiger partial charge is 0.224 e. The number of nitrogens with one attached hydrogen (secondary N) is 1. The van der Waals surface area contributed by atoms with Gasteiger partial charge in [-0.25, -0.2) is 0 Å². The predicted octanol–water partition coefficient (Wildman–Crippen LogP) is 1.81. The zero-order chi connectivity index (χ0) is 15.6. The Morgan fingerprint density at radius 1 is 1.36 bits per heavy atom. The Bertz CT molecular complexity index is 319. The molecule has 2 fully saturated rings. The van der Waals surface area contributed by atoms with Gasteiger partial charge in [-0.1, -0.05) is 13.3 Å². The van der Waals surface area contributed by atoms with E-state index in [1.165, 1.54) is 0 Å². The third-order valence-corrected chi connectivity index (χ3v) is 4.59. The quantitative estimate of drug-likeness (QED) is 0.660. The molecule has 128 valence electrons. The summed E-state index contributed by atoms with van der Waals surface area (Å²) < 4.78 is 11.3. The summed E-state index contributed by atoms with van der Waals surface area (Å²) >= 11 is 0. The van der Waals surface area contributed by atoms with Crippen LogP contribution in [0.5, 0.6) is 0 Å². The van der Waals surface area contributed by atoms with E-state index in [9.17, 15) is 4.79 Å². The molecule has 2 rings (SSSR count). The minimum atomic E-state index is 0.156. The number of carbonyl (C=O) groups is 1. The zero-order valence-electron chi connectivity index (χ0n) is 14.0. The third-order valence-electron chi connectivity index (χ3n) is 4.59. The lowest BCUT2D eigenvalue weighted by molar-refractivity contribution is -0.126. The molecular formula is C17H32N2O3. The van der Waals surface area contributed by atoms with Crippen molar-refractivity contribution in [3.8, 4) is 0 Å². The van der Waals surface area contributed by atoms with Crippen molar-refractivity contribution < 1.29 is 14.3 Å². The summed E-state index contributed by atoms with van der Waals surface area (Å²) in [5.74, 6) is 0.391. The number of carbonyl (C=O) groups excluding carboxylic acids is 1. The van der Waals surface area contributed by atoms with Crippen molar-refractivity contribution >= 4 is 5.91 Å². The molecule has 0 spiro atoms. The van der Waals surface area contributed by atoms with Crippen molar-refractivity contribution in [3.63, 3.8) is 0 Å². The Kier molecular flexibility index (Phi) is 8.20. The molecule has 1 amide bonds. The Morgan fingerprint density at radius 2 is 2.27 bits per heavy atom. The van der Waals surface area contributed by atoms with Gasteiger partial charge in [-0.15, -0.1) is 0 Å². The van der Waals surface area contributed by atoms with E-state index >= 15 is 0 Å². The SMILES string of the molecule is CCCCNC(=O)C1CCCN(CCOCC2CCCO2)C1. The van der Waals surface area contributed by atoms with Gasteiger partial charge < -0.3 is 19.7 Å². The van der Waals surface area contributed by atoms with Crippen LogP contribution in [0.25, 0.3) is 0 Å². The summed E-state index contributed by atoms with van der Waals surface area (Å²) in [6.45, 7) is 8.18. The van der Waals surface area contributed by atoms with E-state index in [0.717, 1.165) is 84.5 Å². The number of nitrogens with zero attached hydrogens (tertiary/aromatic N) is 1. The van der Waals surface area contributed by atoms with E-state index in [2.05, 4.69) is 17.1 Å². The lowest BCUT2D eigenvalue weighted by Crippen LogP contribution is -2.44. The highest BCUT2D eigenvalue weighted by Crippen LogP contribution is 2.16. The molecule has 0 bridgehead atoms. The standard InChI is InChI=1S/C17H32N2O3/c1-2-3-8-18-17(20)15-6-4-9-19(13-15)10-12-21-14-16-7-5-11-22-16/h15-16H,2-14H2,1H3,(H,18,20). The number of piperidine rings is 1. The number of unbranched alkanes of at least 4 members (excludes halogenated alkanes) is 1. The highest BCUT2D eigenvalue weighted by atomic mass is 16.5. The van der Waals surface area contributed by atoms with Crippen molar-refractivity contribution in [1.29, 1.82) is 0 Å². The largest absolute Gasteiger partial charge is 0.377 e. The Hall–Kier alpha value is -0.650. The van der Waals surface area contributed by atoms with Crippen molar-refractivity contribution in [1.82, 2.24) is 10.2 Å². The number of ether oxygens (including phenoxy) is 2. The van der Waals surface area contributed by atoms with E-state index in [4.69, 9.17) is 9.47 Å². The Labute approximate surface area is 134 Å². The first-order valence-corrected chi connectivity index (χ1v) is 8.99. The van der Waals surface area contributed by atoms with Crippen LogP contribution < -0.4 is 5.32 Å². The summed E-state index contributed by atoms with van der Waals surface area (Å²) in [6.07, 6.45) is 6.92. The van der Waals surface area contributed by atoms with Crippen LogP contribution in [-0.2, 0) is 14.3 Å². The van der Waals surface area contributed by atoms with Gasteiger partial charge in [0.15, 0.2) is 0 Å². The van der Waals surface area contributed by atoms with Gasteiger partial charge in [0.25, 0.3) is 0 Å². The second-order valence-electron chi connectivity index (χ2n) is 6.49. The molecule has 5 heteroatoms. The molecule has 2 atom stereocenters. The Balaban J connectivity index is 1.57. The van der Waals surface area contributed by atoms with E-state index < -0.39 is 0 Å². The fourth-order valence-electron chi connectivity index (χ4n) is 3.19. The Morgan fingerprint density at radius 3 is 3.05 bits per heavy atom. The van der Waals surface area contributed by atoms with Crippen LogP contribution in [0.1, 0.15) is 45.4 Å². The highest BCUT2D eigenvalue weighted by molar-refractivity contribution is 5.78. The average Bonchev–Trinajstić information content (AvgIpc) is 3.05. The summed E-state index contributed by atoms with van der Waals surface area (Å²) in [7, 11) is 0. The first-order chi connectivity index (χ1) is 10.8. The van der Waals surface area contributed by atoms with E-state index in [0.29, 0.717) is 6.10 Å². The first-order valence-electron chi connectivity index (χ1n) is 8.99. The molecule has 0 aromatic carbocycles. The molecule has 2 heterocycles. The molecule has 1 N–H and O–H groups in total. The molecule has 0 aromatic rings. The fraction of sp³-hybridized carbons (Fsp3) is 0.941. The van der Waals surface area contributed by atoms with Crippen LogP contribution in [0.15, 0.2) is 0 Å². The van der Waals surface area contributed by atoms with Gasteiger partial charge in [0.05, 0.1) is 25.2 Å². The van der Waals surface area contributed by atoms with Gasteiger partial charge in [0.1, 0.15) is 0 Å². The van der Waals surface area contributed by atoms with E-state index in [-0.39, 0.29) is 11.8 Å². The van der Waals surface area contributed by atoms with Gasteiger partial charge in [0.2, 0.25) is 5.91 Å². The number of hydrogen-bond acceptors (Lipinski definition) is 4. The van der Waals surface area contributed by atoms with Crippen LogP contribution in [0.2, 0.25) is 0 Å². The van der Waals surface area contributed by atoms with Gasteiger partial charge in [0, 0.05) is 26.2 Å². The maximum absolute atomic E-state index is 12.1. The van der Waals surface area contributed by atoms with Crippen molar-refractivity contribution in [2.45, 2.75) is 51.6 Å². The normalized spacial score (nSPS) is 26.2. The summed E-state index contributed by atoms with van der Waals surface area (Å²) in [5, 5.41) is 3.06. The monoisotopic (exact) mass is 312 g/mol. The van der Waals surface area contributed by atoms with Gasteiger partial charge >= 0.3 is 0 Å². The third kappa shape index (κ3) is 6.23. The topological polar surface area (TPSA) is 50.8 Å². The number of hydrogen-bond donors (Lipinski definition) is 1. The molecule has 0 aliphatic carbocycles. The molecule has 0 radical (unpaired) electrons. The highest BCUT2D eigenvalue weighted by Gasteiger charge is 2.25. The summed E-state index contributed by atoms with van der Waals surface area (Å²) in [6, 6.07) is 0. The minimum Gasteiger partial charge on any atom is -0.377 e. The second-order valence-corrected chi connectivity index (χ2v) is 6.49. The fourth-order valence-corrected chi connectivity index (χ4v) is 3.19. The van der Waals surface area contributed by atoms with Gasteiger partial charge in [-0.2, -0.15) is 0 Å². The van der Waals surface area contributed by atoms with Gasteiger partial charge in [-0.3, -0.25) is 4.79 Å². The van der Waals surface area contributed by atoms with Crippen molar-refractivity contribution in [2.75, 3.05) is 46.0 Å². The number of amides is 1. The van der Waals surface area contributed by atoms with E-state index in [1.54, 1.807) is 0 Å². The lowest BCUT2D eigenvalue weighted by atomic mass is 9.97. The molecule has 22 heavy (non-hydrogen) atoms. The lowest BCUT2D eigenvalue weighted by Gasteiger charge is -2.31. The summed E-state index contributed by atoms with van der Waals surface area (Å²) in [4.78, 5) is 14.5. The predicted molar refractivity (Wildman–Crippen MR) is 86.9 cm³/mol. The summed E-state index contributed by atoms with van der Waals surface area (Å²) in [5.41, 5.74) is 0. The molecule has 2 unspecified atom stereocenters. The zero-order valence-corrected chi connectivity index (χ0v) is 14.0. The second kappa shape index (κ2) is 10.2. The first kappa shape index (κ1) is 17.7. The van der Waals surface area contributed by atoms with Crippen LogP contribution in [0, 0.1) is 5.92 Å². The molecular weight excluding hydrogens is 280 g/mol. The maximum Gasteiger partial charge on any atom is 0.224 e. The van der Waals surface area contributed by atoms with Crippen LogP contribution in [-0.4, -0.2) is 62.9 Å². The van der Waals surface area contributed by atoms with Crippen molar-refractivity contribution in [3.05, 3.63) is 0 Å². The minimum absolute atomic E-state index is 0.156. The van der Waals surface area contributed by atoms with Crippen LogP contribution in [0.3, 0.4) is 0 Å². The van der Waals surface area contributed by atoms with Crippen LogP contribution in [0.4, 0.5) is 0 Å². The maximum atomic E-state index is 12.1. The van der Waals surface area contributed by atoms with E-state index in [1.807, 2.05) is 0 Å².